The Balaban J connectivity index is 1.78. The summed E-state index contributed by atoms with van der Waals surface area (Å²) in [6, 6.07) is 8.32. The molecule has 0 aliphatic heterocycles. The number of thioether (sulfide) groups is 1. The molecule has 0 unspecified atom stereocenters. The van der Waals surface area contributed by atoms with E-state index in [-0.39, 0.29) is 11.9 Å². The molecule has 0 fully saturated rings. The zero-order valence-electron chi connectivity index (χ0n) is 14.6. The molecule has 130 valence electrons. The largest absolute Gasteiger partial charge is 0.353 e. The van der Waals surface area contributed by atoms with Crippen molar-refractivity contribution in [3.05, 3.63) is 29.8 Å². The molecular weight excluding hydrogens is 320 g/mol. The fraction of sp³-hybridized carbons (Fsp3) is 0.500. The molecule has 2 N–H and O–H groups in total. The van der Waals surface area contributed by atoms with Gasteiger partial charge in [-0.25, -0.2) is 4.98 Å². The number of carbonyl (C=O) groups excluding carboxylic acids is 1. The number of nitrogens with one attached hydrogen (secondary N) is 2. The average molecular weight is 347 g/mol. The number of hydrogen-bond donors (Lipinski definition) is 2. The van der Waals surface area contributed by atoms with Gasteiger partial charge in [0.05, 0.1) is 5.75 Å². The molecule has 1 atom stereocenters. The van der Waals surface area contributed by atoms with Gasteiger partial charge in [-0.3, -0.25) is 9.89 Å². The van der Waals surface area contributed by atoms with Crippen molar-refractivity contribution in [3.8, 4) is 11.4 Å². The first-order valence-electron chi connectivity index (χ1n) is 8.50. The standard InChI is InChI=1S/C18H26N4OS/c1-4-5-6-7-14(3)19-16(23)12-24-18-20-17(21-22-18)15-10-8-13(2)9-11-15/h8-11,14H,4-7,12H2,1-3H3,(H,19,23)(H,20,21,22)/t14-/m0/s1. The maximum absolute atomic E-state index is 12.0. The van der Waals surface area contributed by atoms with Gasteiger partial charge in [-0.15, -0.1) is 5.10 Å². The first-order valence-corrected chi connectivity index (χ1v) is 9.48. The Bertz CT molecular complexity index is 639. The Hall–Kier alpha value is -1.82. The number of hydrogen-bond acceptors (Lipinski definition) is 4. The smallest absolute Gasteiger partial charge is 0.230 e. The van der Waals surface area contributed by atoms with Gasteiger partial charge < -0.3 is 5.32 Å². The fourth-order valence-electron chi connectivity index (χ4n) is 2.37. The molecule has 0 spiro atoms. The summed E-state index contributed by atoms with van der Waals surface area (Å²) in [5.74, 6) is 1.10. The first-order chi connectivity index (χ1) is 11.6. The fourth-order valence-corrected chi connectivity index (χ4v) is 2.98. The summed E-state index contributed by atoms with van der Waals surface area (Å²) in [6.07, 6.45) is 4.60. The van der Waals surface area contributed by atoms with Crippen LogP contribution in [0, 0.1) is 6.92 Å². The Kier molecular flexibility index (Phi) is 7.31. The summed E-state index contributed by atoms with van der Waals surface area (Å²) in [5, 5.41) is 10.7. The number of rotatable bonds is 9. The molecule has 0 radical (unpaired) electrons. The number of amides is 1. The van der Waals surface area contributed by atoms with Gasteiger partial charge in [0, 0.05) is 11.6 Å². The van der Waals surface area contributed by atoms with Crippen LogP contribution in [-0.2, 0) is 4.79 Å². The minimum atomic E-state index is 0.0330. The van der Waals surface area contributed by atoms with Crippen LogP contribution in [0.1, 0.15) is 45.1 Å². The highest BCUT2D eigenvalue weighted by molar-refractivity contribution is 7.99. The van der Waals surface area contributed by atoms with Gasteiger partial charge in [0.25, 0.3) is 0 Å². The Morgan fingerprint density at radius 1 is 1.29 bits per heavy atom. The van der Waals surface area contributed by atoms with Crippen molar-refractivity contribution >= 4 is 17.7 Å². The second-order valence-corrected chi connectivity index (χ2v) is 7.03. The van der Waals surface area contributed by atoms with Crippen LogP contribution in [0.2, 0.25) is 0 Å². The van der Waals surface area contributed by atoms with Crippen LogP contribution in [0.5, 0.6) is 0 Å². The van der Waals surface area contributed by atoms with Crippen molar-refractivity contribution in [2.45, 2.75) is 57.7 Å². The number of aryl methyl sites for hydroxylation is 1. The van der Waals surface area contributed by atoms with E-state index in [1.54, 1.807) is 0 Å². The predicted molar refractivity (Wildman–Crippen MR) is 99.0 cm³/mol. The lowest BCUT2D eigenvalue weighted by Crippen LogP contribution is -2.33. The number of benzene rings is 1. The van der Waals surface area contributed by atoms with Crippen LogP contribution >= 0.6 is 11.8 Å². The SMILES string of the molecule is CCCCC[C@H](C)NC(=O)CSc1n[nH]c(-c2ccc(C)cc2)n1. The Labute approximate surface area is 148 Å². The van der Waals surface area contributed by atoms with E-state index in [0.29, 0.717) is 10.9 Å². The summed E-state index contributed by atoms with van der Waals surface area (Å²) in [4.78, 5) is 16.4. The lowest BCUT2D eigenvalue weighted by atomic mass is 10.1. The second kappa shape index (κ2) is 9.47. The van der Waals surface area contributed by atoms with Crippen molar-refractivity contribution < 1.29 is 4.79 Å². The number of aromatic amines is 1. The van der Waals surface area contributed by atoms with E-state index in [2.05, 4.69) is 34.3 Å². The van der Waals surface area contributed by atoms with E-state index in [1.807, 2.05) is 31.2 Å². The van der Waals surface area contributed by atoms with Crippen molar-refractivity contribution in [2.75, 3.05) is 5.75 Å². The number of H-pyrrole nitrogens is 1. The molecule has 0 bridgehead atoms. The van der Waals surface area contributed by atoms with Gasteiger partial charge in [-0.2, -0.15) is 0 Å². The molecule has 24 heavy (non-hydrogen) atoms. The topological polar surface area (TPSA) is 70.7 Å². The highest BCUT2D eigenvalue weighted by Gasteiger charge is 2.11. The molecule has 5 nitrogen and oxygen atoms in total. The zero-order chi connectivity index (χ0) is 17.4. The van der Waals surface area contributed by atoms with E-state index >= 15 is 0 Å². The Morgan fingerprint density at radius 3 is 2.75 bits per heavy atom. The molecule has 0 saturated heterocycles. The molecule has 1 aromatic heterocycles. The molecule has 2 aromatic rings. The third-order valence-electron chi connectivity index (χ3n) is 3.77. The molecule has 0 saturated carbocycles. The molecule has 2 rings (SSSR count). The highest BCUT2D eigenvalue weighted by atomic mass is 32.2. The summed E-state index contributed by atoms with van der Waals surface area (Å²) < 4.78 is 0. The first kappa shape index (κ1) is 18.5. The number of carbonyl (C=O) groups is 1. The van der Waals surface area contributed by atoms with Crippen LogP contribution in [0.3, 0.4) is 0 Å². The molecule has 1 heterocycles. The monoisotopic (exact) mass is 346 g/mol. The molecule has 1 amide bonds. The average Bonchev–Trinajstić information content (AvgIpc) is 3.03. The van der Waals surface area contributed by atoms with Crippen LogP contribution in [0.15, 0.2) is 29.4 Å². The van der Waals surface area contributed by atoms with E-state index in [1.165, 1.54) is 30.2 Å². The summed E-state index contributed by atoms with van der Waals surface area (Å²) in [6.45, 7) is 6.29. The summed E-state index contributed by atoms with van der Waals surface area (Å²) in [5.41, 5.74) is 2.20. The Morgan fingerprint density at radius 2 is 2.04 bits per heavy atom. The van der Waals surface area contributed by atoms with Gasteiger partial charge >= 0.3 is 0 Å². The summed E-state index contributed by atoms with van der Waals surface area (Å²) in [7, 11) is 0. The van der Waals surface area contributed by atoms with Gasteiger partial charge in [-0.05, 0) is 20.3 Å². The highest BCUT2D eigenvalue weighted by Crippen LogP contribution is 2.19. The summed E-state index contributed by atoms with van der Waals surface area (Å²) >= 11 is 1.35. The van der Waals surface area contributed by atoms with Crippen LogP contribution in [0.25, 0.3) is 11.4 Å². The van der Waals surface area contributed by atoms with Crippen molar-refractivity contribution in [3.63, 3.8) is 0 Å². The van der Waals surface area contributed by atoms with Gasteiger partial charge in [0.2, 0.25) is 11.1 Å². The van der Waals surface area contributed by atoms with E-state index in [9.17, 15) is 4.79 Å². The number of nitrogens with zero attached hydrogens (tertiary/aromatic N) is 2. The third-order valence-corrected chi connectivity index (χ3v) is 4.62. The van der Waals surface area contributed by atoms with Crippen LogP contribution < -0.4 is 5.32 Å². The maximum Gasteiger partial charge on any atom is 0.230 e. The van der Waals surface area contributed by atoms with Crippen molar-refractivity contribution in [1.82, 2.24) is 20.5 Å². The molecule has 6 heteroatoms. The normalized spacial score (nSPS) is 12.1. The number of unbranched alkanes of at least 4 members (excludes halogenated alkanes) is 2. The predicted octanol–water partition coefficient (Wildman–Crippen LogP) is 3.96. The molecular formula is C18H26N4OS. The maximum atomic E-state index is 12.0. The molecule has 1 aromatic carbocycles. The van der Waals surface area contributed by atoms with E-state index < -0.39 is 0 Å². The molecule has 0 aliphatic carbocycles. The molecule has 0 aliphatic rings. The lowest BCUT2D eigenvalue weighted by Gasteiger charge is -2.12. The van der Waals surface area contributed by atoms with Crippen molar-refractivity contribution in [1.29, 1.82) is 0 Å². The zero-order valence-corrected chi connectivity index (χ0v) is 15.4. The van der Waals surface area contributed by atoms with Crippen LogP contribution in [-0.4, -0.2) is 32.9 Å². The lowest BCUT2D eigenvalue weighted by molar-refractivity contribution is -0.119. The van der Waals surface area contributed by atoms with E-state index in [0.717, 1.165) is 24.2 Å². The van der Waals surface area contributed by atoms with Crippen LogP contribution in [0.4, 0.5) is 0 Å². The minimum Gasteiger partial charge on any atom is -0.353 e. The van der Waals surface area contributed by atoms with Gasteiger partial charge in [0.15, 0.2) is 5.82 Å². The van der Waals surface area contributed by atoms with Crippen molar-refractivity contribution in [2.24, 2.45) is 0 Å². The van der Waals surface area contributed by atoms with E-state index in [4.69, 9.17) is 0 Å². The quantitative estimate of drug-likeness (QED) is 0.532. The third kappa shape index (κ3) is 6.00. The van der Waals surface area contributed by atoms with Gasteiger partial charge in [0.1, 0.15) is 0 Å². The number of aromatic nitrogens is 3. The van der Waals surface area contributed by atoms with Gasteiger partial charge in [-0.1, -0.05) is 67.8 Å². The minimum absolute atomic E-state index is 0.0330. The second-order valence-electron chi connectivity index (χ2n) is 6.09.